The molecule has 134 valence electrons. The highest BCUT2D eigenvalue weighted by atomic mass is 19.4. The van der Waals surface area contributed by atoms with Crippen LogP contribution in [-0.2, 0) is 9.53 Å². The lowest BCUT2D eigenvalue weighted by atomic mass is 10.2. The monoisotopic (exact) mass is 339 g/mol. The van der Waals surface area contributed by atoms with Crippen LogP contribution in [0.1, 0.15) is 33.6 Å². The van der Waals surface area contributed by atoms with Gasteiger partial charge in [0.05, 0.1) is 0 Å². The summed E-state index contributed by atoms with van der Waals surface area (Å²) in [5.74, 6) is -0.0396. The number of halogens is 3. The Balaban J connectivity index is 2.41. The summed E-state index contributed by atoms with van der Waals surface area (Å²) in [4.78, 5) is 24.4. The van der Waals surface area contributed by atoms with Gasteiger partial charge in [-0.05, 0) is 27.2 Å². The number of nitrogens with one attached hydrogen (secondary N) is 2. The maximum atomic E-state index is 13.0. The average Bonchev–Trinajstić information content (AvgIpc) is 2.75. The SMILES string of the molecule is CC(C)(C)OC(=O)NCC(NCCN1CCCC1=O)C(F)(F)F. The Morgan fingerprint density at radius 3 is 2.48 bits per heavy atom. The molecule has 1 atom stereocenters. The van der Waals surface area contributed by atoms with E-state index in [0.717, 1.165) is 6.42 Å². The second kappa shape index (κ2) is 7.85. The zero-order valence-electron chi connectivity index (χ0n) is 13.6. The second-order valence-electron chi connectivity index (χ2n) is 6.42. The zero-order chi connectivity index (χ0) is 17.7. The van der Waals surface area contributed by atoms with Crippen LogP contribution in [0.2, 0.25) is 0 Å². The smallest absolute Gasteiger partial charge is 0.407 e. The van der Waals surface area contributed by atoms with Gasteiger partial charge in [-0.15, -0.1) is 0 Å². The minimum Gasteiger partial charge on any atom is -0.444 e. The number of hydrogen-bond donors (Lipinski definition) is 2. The molecule has 1 rings (SSSR count). The zero-order valence-corrected chi connectivity index (χ0v) is 13.6. The van der Waals surface area contributed by atoms with Crippen molar-refractivity contribution in [3.8, 4) is 0 Å². The van der Waals surface area contributed by atoms with Crippen molar-refractivity contribution in [1.82, 2.24) is 15.5 Å². The van der Waals surface area contributed by atoms with E-state index in [9.17, 15) is 22.8 Å². The molecule has 0 radical (unpaired) electrons. The number of nitrogens with zero attached hydrogens (tertiary/aromatic N) is 1. The third-order valence-electron chi connectivity index (χ3n) is 3.19. The van der Waals surface area contributed by atoms with Crippen LogP contribution in [0.5, 0.6) is 0 Å². The molecule has 0 bridgehead atoms. The number of ether oxygens (including phenoxy) is 1. The highest BCUT2D eigenvalue weighted by molar-refractivity contribution is 5.78. The van der Waals surface area contributed by atoms with E-state index in [2.05, 4.69) is 10.6 Å². The van der Waals surface area contributed by atoms with Crippen molar-refractivity contribution in [2.45, 2.75) is 51.4 Å². The standard InChI is InChI=1S/C14H24F3N3O3/c1-13(2,3)23-12(22)19-9-10(14(15,16)17)18-6-8-20-7-4-5-11(20)21/h10,18H,4-9H2,1-3H3,(H,19,22). The van der Waals surface area contributed by atoms with E-state index in [1.165, 1.54) is 4.90 Å². The van der Waals surface area contributed by atoms with Gasteiger partial charge in [0.25, 0.3) is 0 Å². The summed E-state index contributed by atoms with van der Waals surface area (Å²) < 4.78 is 43.8. The minimum absolute atomic E-state index is 0.00587. The lowest BCUT2D eigenvalue weighted by Crippen LogP contribution is -2.52. The van der Waals surface area contributed by atoms with Crippen molar-refractivity contribution < 1.29 is 27.5 Å². The van der Waals surface area contributed by atoms with Gasteiger partial charge in [-0.25, -0.2) is 4.79 Å². The Bertz CT molecular complexity index is 422. The lowest BCUT2D eigenvalue weighted by molar-refractivity contribution is -0.154. The summed E-state index contributed by atoms with van der Waals surface area (Å²) >= 11 is 0. The van der Waals surface area contributed by atoms with Gasteiger partial charge >= 0.3 is 12.3 Å². The van der Waals surface area contributed by atoms with Crippen molar-refractivity contribution in [3.63, 3.8) is 0 Å². The van der Waals surface area contributed by atoms with Crippen LogP contribution in [-0.4, -0.2) is 60.9 Å². The first-order chi connectivity index (χ1) is 10.5. The predicted octanol–water partition coefficient (Wildman–Crippen LogP) is 1.65. The molecule has 0 aromatic carbocycles. The summed E-state index contributed by atoms with van der Waals surface area (Å²) in [5, 5.41) is 4.45. The molecule has 1 aliphatic rings. The topological polar surface area (TPSA) is 70.7 Å². The summed E-state index contributed by atoms with van der Waals surface area (Å²) in [6, 6.07) is -1.90. The molecule has 1 aliphatic heterocycles. The molecule has 0 aromatic rings. The fourth-order valence-electron chi connectivity index (χ4n) is 2.12. The highest BCUT2D eigenvalue weighted by Crippen LogP contribution is 2.20. The Hall–Kier alpha value is -1.51. The highest BCUT2D eigenvalue weighted by Gasteiger charge is 2.39. The van der Waals surface area contributed by atoms with Crippen molar-refractivity contribution in [2.24, 2.45) is 0 Å². The van der Waals surface area contributed by atoms with Crippen LogP contribution >= 0.6 is 0 Å². The molecular weight excluding hydrogens is 315 g/mol. The summed E-state index contributed by atoms with van der Waals surface area (Å²) in [6.45, 7) is 5.04. The molecule has 2 amide bonds. The number of likely N-dealkylation sites (tertiary alicyclic amines) is 1. The molecule has 2 N–H and O–H groups in total. The molecule has 1 heterocycles. The van der Waals surface area contributed by atoms with Gasteiger partial charge in [-0.3, -0.25) is 4.79 Å². The maximum Gasteiger partial charge on any atom is 0.407 e. The number of alkyl carbamates (subject to hydrolysis) is 1. The molecule has 0 aromatic heterocycles. The summed E-state index contributed by atoms with van der Waals surface area (Å²) in [6.07, 6.45) is -4.22. The summed E-state index contributed by atoms with van der Waals surface area (Å²) in [5.41, 5.74) is -0.776. The first-order valence-electron chi connectivity index (χ1n) is 7.54. The normalized spacial score (nSPS) is 17.3. The van der Waals surface area contributed by atoms with Gasteiger partial charge < -0.3 is 20.3 Å². The molecule has 0 aliphatic carbocycles. The first kappa shape index (κ1) is 19.5. The summed E-state index contributed by atoms with van der Waals surface area (Å²) in [7, 11) is 0. The molecular formula is C14H24F3N3O3. The molecule has 0 saturated carbocycles. The van der Waals surface area contributed by atoms with Crippen molar-refractivity contribution in [2.75, 3.05) is 26.2 Å². The average molecular weight is 339 g/mol. The van der Waals surface area contributed by atoms with Gasteiger partial charge in [-0.2, -0.15) is 13.2 Å². The van der Waals surface area contributed by atoms with E-state index < -0.39 is 30.5 Å². The van der Waals surface area contributed by atoms with Crippen molar-refractivity contribution in [1.29, 1.82) is 0 Å². The Labute approximate surface area is 133 Å². The van der Waals surface area contributed by atoms with Crippen LogP contribution in [0.25, 0.3) is 0 Å². The molecule has 6 nitrogen and oxygen atoms in total. The third kappa shape index (κ3) is 7.54. The fourth-order valence-corrected chi connectivity index (χ4v) is 2.12. The Kier molecular flexibility index (Phi) is 6.67. The van der Waals surface area contributed by atoms with E-state index >= 15 is 0 Å². The van der Waals surface area contributed by atoms with Gasteiger partial charge in [0.2, 0.25) is 5.91 Å². The van der Waals surface area contributed by atoms with Gasteiger partial charge in [0, 0.05) is 32.6 Å². The quantitative estimate of drug-likeness (QED) is 0.772. The predicted molar refractivity (Wildman–Crippen MR) is 77.9 cm³/mol. The number of carbonyl (C=O) groups excluding carboxylic acids is 2. The lowest BCUT2D eigenvalue weighted by Gasteiger charge is -2.25. The van der Waals surface area contributed by atoms with E-state index in [1.807, 2.05) is 0 Å². The molecule has 1 saturated heterocycles. The number of amides is 2. The molecule has 1 unspecified atom stereocenters. The minimum atomic E-state index is -4.51. The first-order valence-corrected chi connectivity index (χ1v) is 7.54. The van der Waals surface area contributed by atoms with Crippen LogP contribution in [0, 0.1) is 0 Å². The van der Waals surface area contributed by atoms with Gasteiger partial charge in [-0.1, -0.05) is 0 Å². The van der Waals surface area contributed by atoms with Crippen LogP contribution < -0.4 is 10.6 Å². The van der Waals surface area contributed by atoms with E-state index in [4.69, 9.17) is 4.74 Å². The van der Waals surface area contributed by atoms with E-state index in [0.29, 0.717) is 13.0 Å². The van der Waals surface area contributed by atoms with Crippen LogP contribution in [0.3, 0.4) is 0 Å². The molecule has 1 fully saturated rings. The number of hydrogen-bond acceptors (Lipinski definition) is 4. The molecule has 23 heavy (non-hydrogen) atoms. The number of rotatable bonds is 6. The van der Waals surface area contributed by atoms with Crippen molar-refractivity contribution >= 4 is 12.0 Å². The molecule has 0 spiro atoms. The number of carbonyl (C=O) groups is 2. The fraction of sp³-hybridized carbons (Fsp3) is 0.857. The van der Waals surface area contributed by atoms with Gasteiger partial charge in [0.1, 0.15) is 11.6 Å². The van der Waals surface area contributed by atoms with Crippen LogP contribution in [0.15, 0.2) is 0 Å². The largest absolute Gasteiger partial charge is 0.444 e. The Morgan fingerprint density at radius 2 is 2.00 bits per heavy atom. The van der Waals surface area contributed by atoms with E-state index in [1.54, 1.807) is 20.8 Å². The second-order valence-corrected chi connectivity index (χ2v) is 6.42. The van der Waals surface area contributed by atoms with Crippen molar-refractivity contribution in [3.05, 3.63) is 0 Å². The third-order valence-corrected chi connectivity index (χ3v) is 3.19. The maximum absolute atomic E-state index is 13.0. The van der Waals surface area contributed by atoms with Gasteiger partial charge in [0.15, 0.2) is 0 Å². The Morgan fingerprint density at radius 1 is 1.35 bits per heavy atom. The van der Waals surface area contributed by atoms with Crippen LogP contribution in [0.4, 0.5) is 18.0 Å². The van der Waals surface area contributed by atoms with E-state index in [-0.39, 0.29) is 19.0 Å². The molecule has 9 heteroatoms. The number of alkyl halides is 3.